The van der Waals surface area contributed by atoms with Crippen molar-refractivity contribution >= 4 is 51.7 Å². The first-order valence-corrected chi connectivity index (χ1v) is 10.8. The number of hydrogen-bond donors (Lipinski definition) is 2. The van der Waals surface area contributed by atoms with Gasteiger partial charge < -0.3 is 20.1 Å². The molecule has 0 saturated heterocycles. The molecule has 8 nitrogen and oxygen atoms in total. The van der Waals surface area contributed by atoms with Crippen LogP contribution in [0.25, 0.3) is 5.57 Å². The van der Waals surface area contributed by atoms with Crippen LogP contribution in [-0.2, 0) is 14.4 Å². The molecule has 33 heavy (non-hydrogen) atoms. The maximum absolute atomic E-state index is 13.5. The van der Waals surface area contributed by atoms with E-state index in [1.807, 2.05) is 11.4 Å². The van der Waals surface area contributed by atoms with E-state index in [2.05, 4.69) is 10.6 Å². The molecule has 0 saturated carbocycles. The zero-order valence-corrected chi connectivity index (χ0v) is 19.0. The van der Waals surface area contributed by atoms with E-state index >= 15 is 0 Å². The number of benzene rings is 2. The fraction of sp³-hybridized carbons (Fsp3) is 0.125. The van der Waals surface area contributed by atoms with Crippen molar-refractivity contribution in [2.45, 2.75) is 6.92 Å². The number of nitrogens with one attached hydrogen (secondary N) is 2. The van der Waals surface area contributed by atoms with Gasteiger partial charge in [0.1, 0.15) is 17.2 Å². The lowest BCUT2D eigenvalue weighted by molar-refractivity contribution is -0.120. The van der Waals surface area contributed by atoms with Crippen molar-refractivity contribution in [3.8, 4) is 11.5 Å². The molecule has 2 aromatic carbocycles. The maximum atomic E-state index is 13.5. The minimum atomic E-state index is -0.496. The molecule has 1 aromatic heterocycles. The van der Waals surface area contributed by atoms with Crippen LogP contribution >= 0.6 is 11.3 Å². The van der Waals surface area contributed by atoms with E-state index in [4.69, 9.17) is 9.47 Å². The quantitative estimate of drug-likeness (QED) is 0.512. The molecule has 0 bridgehead atoms. The van der Waals surface area contributed by atoms with Crippen molar-refractivity contribution in [2.24, 2.45) is 0 Å². The van der Waals surface area contributed by atoms with Gasteiger partial charge in [0.2, 0.25) is 5.91 Å². The number of imide groups is 1. The summed E-state index contributed by atoms with van der Waals surface area (Å²) < 4.78 is 10.6. The fourth-order valence-electron chi connectivity index (χ4n) is 3.44. The summed E-state index contributed by atoms with van der Waals surface area (Å²) in [5, 5.41) is 7.63. The fourth-order valence-corrected chi connectivity index (χ4v) is 4.20. The van der Waals surface area contributed by atoms with Gasteiger partial charge in [-0.05, 0) is 35.7 Å². The molecular weight excluding hydrogens is 442 g/mol. The lowest BCUT2D eigenvalue weighted by atomic mass is 10.1. The summed E-state index contributed by atoms with van der Waals surface area (Å²) in [4.78, 5) is 40.0. The van der Waals surface area contributed by atoms with E-state index in [1.54, 1.807) is 48.5 Å². The predicted molar refractivity (Wildman–Crippen MR) is 128 cm³/mol. The van der Waals surface area contributed by atoms with Gasteiger partial charge in [-0.1, -0.05) is 6.07 Å². The third-order valence-corrected chi connectivity index (χ3v) is 5.81. The molecule has 2 heterocycles. The minimum absolute atomic E-state index is 0.163. The van der Waals surface area contributed by atoms with Gasteiger partial charge in [-0.25, -0.2) is 4.90 Å². The highest BCUT2D eigenvalue weighted by molar-refractivity contribution is 7.11. The molecular formula is C24H21N3O5S. The summed E-state index contributed by atoms with van der Waals surface area (Å²) >= 11 is 1.37. The first-order valence-electron chi connectivity index (χ1n) is 9.96. The SMILES string of the molecule is COc1cc(OC)cc(N2C(=O)C(Nc3ccc(NC(C)=O)cc3)=C(c3cccs3)C2=O)c1. The molecule has 0 spiro atoms. The highest BCUT2D eigenvalue weighted by Crippen LogP contribution is 2.38. The number of hydrogen-bond acceptors (Lipinski definition) is 7. The van der Waals surface area contributed by atoms with E-state index in [1.165, 1.54) is 32.5 Å². The van der Waals surface area contributed by atoms with Crippen LogP contribution in [0.5, 0.6) is 11.5 Å². The third kappa shape index (κ3) is 4.44. The first kappa shape index (κ1) is 22.1. The Balaban J connectivity index is 1.73. The predicted octanol–water partition coefficient (Wildman–Crippen LogP) is 4.12. The molecule has 9 heteroatoms. The summed E-state index contributed by atoms with van der Waals surface area (Å²) in [7, 11) is 3.00. The standard InChI is InChI=1S/C24H21N3O5S/c1-14(28)25-15-6-8-16(9-7-15)26-22-21(20-5-4-10-33-20)23(29)27(24(22)30)17-11-18(31-2)13-19(12-17)32-3/h4-13,26H,1-3H3,(H,25,28). The Morgan fingerprint density at radius 1 is 0.909 bits per heavy atom. The Morgan fingerprint density at radius 3 is 2.09 bits per heavy atom. The van der Waals surface area contributed by atoms with Gasteiger partial charge in [0, 0.05) is 41.4 Å². The van der Waals surface area contributed by atoms with Crippen molar-refractivity contribution < 1.29 is 23.9 Å². The average molecular weight is 464 g/mol. The zero-order chi connectivity index (χ0) is 23.5. The van der Waals surface area contributed by atoms with Crippen LogP contribution < -0.4 is 25.0 Å². The first-order chi connectivity index (χ1) is 15.9. The molecule has 3 aromatic rings. The van der Waals surface area contributed by atoms with Crippen molar-refractivity contribution in [2.75, 3.05) is 29.8 Å². The number of carbonyl (C=O) groups excluding carboxylic acids is 3. The molecule has 0 unspecified atom stereocenters. The van der Waals surface area contributed by atoms with Crippen LogP contribution in [0.15, 0.2) is 65.7 Å². The van der Waals surface area contributed by atoms with E-state index in [0.717, 1.165) is 4.90 Å². The number of ether oxygens (including phenoxy) is 2. The molecule has 0 atom stereocenters. The molecule has 1 aliphatic rings. The molecule has 0 radical (unpaired) electrons. The highest BCUT2D eigenvalue weighted by atomic mass is 32.1. The summed E-state index contributed by atoms with van der Waals surface area (Å²) in [6, 6.07) is 15.4. The molecule has 0 fully saturated rings. The lowest BCUT2D eigenvalue weighted by Crippen LogP contribution is -2.32. The van der Waals surface area contributed by atoms with Crippen molar-refractivity contribution in [3.63, 3.8) is 0 Å². The van der Waals surface area contributed by atoms with Gasteiger partial charge in [0.25, 0.3) is 11.8 Å². The van der Waals surface area contributed by atoms with Crippen molar-refractivity contribution in [1.29, 1.82) is 0 Å². The van der Waals surface area contributed by atoms with Crippen LogP contribution in [-0.4, -0.2) is 31.9 Å². The van der Waals surface area contributed by atoms with Crippen molar-refractivity contribution in [3.05, 3.63) is 70.6 Å². The Morgan fingerprint density at radius 2 is 1.55 bits per heavy atom. The molecule has 0 aliphatic carbocycles. The number of nitrogens with zero attached hydrogens (tertiary/aromatic N) is 1. The zero-order valence-electron chi connectivity index (χ0n) is 18.2. The second kappa shape index (κ2) is 9.17. The molecule has 168 valence electrons. The van der Waals surface area contributed by atoms with E-state index in [9.17, 15) is 14.4 Å². The monoisotopic (exact) mass is 463 g/mol. The van der Waals surface area contributed by atoms with Gasteiger partial charge in [-0.2, -0.15) is 0 Å². The van der Waals surface area contributed by atoms with E-state index < -0.39 is 11.8 Å². The van der Waals surface area contributed by atoms with Gasteiger partial charge in [-0.15, -0.1) is 11.3 Å². The van der Waals surface area contributed by atoms with E-state index in [-0.39, 0.29) is 17.2 Å². The van der Waals surface area contributed by atoms with Crippen LogP contribution in [0.4, 0.5) is 17.1 Å². The smallest absolute Gasteiger partial charge is 0.282 e. The van der Waals surface area contributed by atoms with Crippen LogP contribution in [0.3, 0.4) is 0 Å². The summed E-state index contributed by atoms with van der Waals surface area (Å²) in [6.45, 7) is 1.43. The number of amides is 3. The second-order valence-electron chi connectivity index (χ2n) is 7.13. The number of carbonyl (C=O) groups is 3. The van der Waals surface area contributed by atoms with Gasteiger partial charge in [0.05, 0.1) is 25.5 Å². The number of methoxy groups -OCH3 is 2. The molecule has 3 amide bonds. The summed E-state index contributed by atoms with van der Waals surface area (Å²) in [5.74, 6) is -0.214. The normalized spacial score (nSPS) is 13.4. The largest absolute Gasteiger partial charge is 0.497 e. The third-order valence-electron chi connectivity index (χ3n) is 4.92. The topological polar surface area (TPSA) is 97.0 Å². The van der Waals surface area contributed by atoms with E-state index in [0.29, 0.717) is 33.4 Å². The summed E-state index contributed by atoms with van der Waals surface area (Å²) in [6.07, 6.45) is 0. The van der Waals surface area contributed by atoms with Crippen LogP contribution in [0.1, 0.15) is 11.8 Å². The Kier molecular flexibility index (Phi) is 6.14. The number of anilines is 3. The number of thiophene rings is 1. The van der Waals surface area contributed by atoms with Crippen molar-refractivity contribution in [1.82, 2.24) is 0 Å². The average Bonchev–Trinajstić information content (AvgIpc) is 3.41. The van der Waals surface area contributed by atoms with Gasteiger partial charge in [-0.3, -0.25) is 14.4 Å². The Bertz CT molecular complexity index is 1230. The molecule has 4 rings (SSSR count). The minimum Gasteiger partial charge on any atom is -0.497 e. The lowest BCUT2D eigenvalue weighted by Gasteiger charge is -2.17. The highest BCUT2D eigenvalue weighted by Gasteiger charge is 2.41. The van der Waals surface area contributed by atoms with Gasteiger partial charge >= 0.3 is 0 Å². The Labute approximate surface area is 194 Å². The Hall–Kier alpha value is -4.11. The summed E-state index contributed by atoms with van der Waals surface area (Å²) in [5.41, 5.74) is 2.01. The molecule has 2 N–H and O–H groups in total. The van der Waals surface area contributed by atoms with Crippen LogP contribution in [0.2, 0.25) is 0 Å². The number of rotatable bonds is 7. The van der Waals surface area contributed by atoms with Gasteiger partial charge in [0.15, 0.2) is 0 Å². The molecule has 1 aliphatic heterocycles. The maximum Gasteiger partial charge on any atom is 0.282 e. The van der Waals surface area contributed by atoms with Crippen LogP contribution in [0, 0.1) is 0 Å². The second-order valence-corrected chi connectivity index (χ2v) is 8.08.